The Hall–Kier alpha value is -1.84. The molecule has 0 aliphatic rings. The zero-order valence-electron chi connectivity index (χ0n) is 11.4. The molecular formula is C14H21N3O. The summed E-state index contributed by atoms with van der Waals surface area (Å²) in [6.45, 7) is 5.89. The van der Waals surface area contributed by atoms with E-state index in [1.54, 1.807) is 0 Å². The first kappa shape index (κ1) is 14.2. The van der Waals surface area contributed by atoms with Gasteiger partial charge < -0.3 is 5.32 Å². The summed E-state index contributed by atoms with van der Waals surface area (Å²) in [5.74, 6) is 0.298. The highest BCUT2D eigenvalue weighted by Gasteiger charge is 2.04. The maximum Gasteiger partial charge on any atom is 0.240 e. The smallest absolute Gasteiger partial charge is 0.240 e. The third kappa shape index (κ3) is 4.57. The van der Waals surface area contributed by atoms with E-state index in [0.717, 1.165) is 17.0 Å². The summed E-state index contributed by atoms with van der Waals surface area (Å²) in [6.07, 6.45) is 0.496. The van der Waals surface area contributed by atoms with E-state index in [4.69, 9.17) is 0 Å². The van der Waals surface area contributed by atoms with Gasteiger partial charge in [0.25, 0.3) is 0 Å². The topological polar surface area (TPSA) is 53.5 Å². The quantitative estimate of drug-likeness (QED) is 0.620. The second kappa shape index (κ2) is 6.79. The van der Waals surface area contributed by atoms with E-state index in [-0.39, 0.29) is 5.91 Å². The van der Waals surface area contributed by atoms with E-state index in [9.17, 15) is 4.79 Å². The Morgan fingerprint density at radius 2 is 1.89 bits per heavy atom. The van der Waals surface area contributed by atoms with Crippen LogP contribution in [0, 0.1) is 5.92 Å². The summed E-state index contributed by atoms with van der Waals surface area (Å²) in [4.78, 5) is 11.5. The molecule has 0 saturated carbocycles. The van der Waals surface area contributed by atoms with E-state index in [1.807, 2.05) is 52.1 Å². The first-order valence-electron chi connectivity index (χ1n) is 6.14. The lowest BCUT2D eigenvalue weighted by atomic mass is 10.1. The second-order valence-electron chi connectivity index (χ2n) is 4.66. The van der Waals surface area contributed by atoms with Crippen LogP contribution in [0.25, 0.3) is 0 Å². The third-order valence-corrected chi connectivity index (χ3v) is 2.53. The Bertz CT molecular complexity index is 421. The molecular weight excluding hydrogens is 226 g/mol. The zero-order chi connectivity index (χ0) is 13.5. The van der Waals surface area contributed by atoms with Gasteiger partial charge in [-0.05, 0) is 30.5 Å². The number of benzene rings is 1. The number of hydrogen-bond acceptors (Lipinski definition) is 3. The maximum atomic E-state index is 11.5. The molecule has 2 N–H and O–H groups in total. The van der Waals surface area contributed by atoms with Crippen LogP contribution in [0.1, 0.15) is 32.8 Å². The fraction of sp³-hybridized carbons (Fsp3) is 0.429. The molecule has 1 amide bonds. The van der Waals surface area contributed by atoms with E-state index in [1.165, 1.54) is 0 Å². The average Bonchev–Trinajstić information content (AvgIpc) is 2.35. The SMILES string of the molecule is CNc1ccc(/C(C)=N/NC(=O)CC(C)C)cc1. The van der Waals surface area contributed by atoms with E-state index >= 15 is 0 Å². The van der Waals surface area contributed by atoms with Gasteiger partial charge in [-0.2, -0.15) is 5.10 Å². The molecule has 0 radical (unpaired) electrons. The van der Waals surface area contributed by atoms with E-state index < -0.39 is 0 Å². The summed E-state index contributed by atoms with van der Waals surface area (Å²) in [6, 6.07) is 7.90. The normalized spacial score (nSPS) is 11.5. The van der Waals surface area contributed by atoms with Crippen LogP contribution in [-0.4, -0.2) is 18.7 Å². The molecule has 0 bridgehead atoms. The van der Waals surface area contributed by atoms with Crippen molar-refractivity contribution in [2.75, 3.05) is 12.4 Å². The van der Waals surface area contributed by atoms with Crippen LogP contribution < -0.4 is 10.7 Å². The van der Waals surface area contributed by atoms with E-state index in [0.29, 0.717) is 12.3 Å². The largest absolute Gasteiger partial charge is 0.388 e. The van der Waals surface area contributed by atoms with Crippen LogP contribution in [0.15, 0.2) is 29.4 Å². The predicted molar refractivity (Wildman–Crippen MR) is 75.8 cm³/mol. The van der Waals surface area contributed by atoms with Crippen molar-refractivity contribution in [1.29, 1.82) is 0 Å². The third-order valence-electron chi connectivity index (χ3n) is 2.53. The maximum absolute atomic E-state index is 11.5. The number of nitrogens with zero attached hydrogens (tertiary/aromatic N) is 1. The predicted octanol–water partition coefficient (Wildman–Crippen LogP) is 2.61. The number of rotatable bonds is 5. The molecule has 0 aliphatic heterocycles. The van der Waals surface area contributed by atoms with Crippen molar-refractivity contribution in [3.63, 3.8) is 0 Å². The first-order valence-corrected chi connectivity index (χ1v) is 6.14. The van der Waals surface area contributed by atoms with Gasteiger partial charge >= 0.3 is 0 Å². The molecule has 4 nitrogen and oxygen atoms in total. The fourth-order valence-electron chi connectivity index (χ4n) is 1.51. The van der Waals surface area contributed by atoms with Crippen molar-refractivity contribution in [3.05, 3.63) is 29.8 Å². The van der Waals surface area contributed by atoms with Crippen LogP contribution in [0.2, 0.25) is 0 Å². The van der Waals surface area contributed by atoms with E-state index in [2.05, 4.69) is 15.8 Å². The highest BCUT2D eigenvalue weighted by atomic mass is 16.2. The zero-order valence-corrected chi connectivity index (χ0v) is 11.4. The van der Waals surface area contributed by atoms with Crippen LogP contribution in [-0.2, 0) is 4.79 Å². The number of hydrogen-bond donors (Lipinski definition) is 2. The highest BCUT2D eigenvalue weighted by Crippen LogP contribution is 2.09. The highest BCUT2D eigenvalue weighted by molar-refractivity contribution is 5.99. The summed E-state index contributed by atoms with van der Waals surface area (Å²) in [5.41, 5.74) is 5.43. The molecule has 1 aromatic rings. The number of hydrazone groups is 1. The molecule has 1 rings (SSSR count). The molecule has 0 aliphatic carbocycles. The minimum Gasteiger partial charge on any atom is -0.388 e. The summed E-state index contributed by atoms with van der Waals surface area (Å²) in [7, 11) is 1.88. The number of carbonyl (C=O) groups is 1. The van der Waals surface area contributed by atoms with Gasteiger partial charge in [0.2, 0.25) is 5.91 Å². The van der Waals surface area contributed by atoms with Crippen molar-refractivity contribution in [1.82, 2.24) is 5.43 Å². The van der Waals surface area contributed by atoms with Gasteiger partial charge in [0.15, 0.2) is 0 Å². The molecule has 0 fully saturated rings. The fourth-order valence-corrected chi connectivity index (χ4v) is 1.51. The lowest BCUT2D eigenvalue weighted by Crippen LogP contribution is -2.20. The number of anilines is 1. The first-order chi connectivity index (χ1) is 8.52. The van der Waals surface area contributed by atoms with Gasteiger partial charge in [0, 0.05) is 19.2 Å². The van der Waals surface area contributed by atoms with Gasteiger partial charge in [0.1, 0.15) is 0 Å². The molecule has 18 heavy (non-hydrogen) atoms. The standard InChI is InChI=1S/C14H21N3O/c1-10(2)9-14(18)17-16-11(3)12-5-7-13(15-4)8-6-12/h5-8,10,15H,9H2,1-4H3,(H,17,18)/b16-11+. The summed E-state index contributed by atoms with van der Waals surface area (Å²) in [5, 5.41) is 7.15. The van der Waals surface area contributed by atoms with Crippen molar-refractivity contribution in [2.24, 2.45) is 11.0 Å². The molecule has 0 heterocycles. The van der Waals surface area contributed by atoms with Crippen LogP contribution in [0.3, 0.4) is 0 Å². The van der Waals surface area contributed by atoms with Gasteiger partial charge in [-0.15, -0.1) is 0 Å². The van der Waals surface area contributed by atoms with Crippen molar-refractivity contribution in [3.8, 4) is 0 Å². The number of amides is 1. The molecule has 4 heteroatoms. The molecule has 0 unspecified atom stereocenters. The molecule has 0 atom stereocenters. The lowest BCUT2D eigenvalue weighted by molar-refractivity contribution is -0.121. The summed E-state index contributed by atoms with van der Waals surface area (Å²) < 4.78 is 0. The number of nitrogens with one attached hydrogen (secondary N) is 2. The van der Waals surface area contributed by atoms with Gasteiger partial charge in [0.05, 0.1) is 5.71 Å². The van der Waals surface area contributed by atoms with Gasteiger partial charge in [-0.1, -0.05) is 26.0 Å². The Labute approximate surface area is 108 Å². The van der Waals surface area contributed by atoms with Crippen LogP contribution in [0.5, 0.6) is 0 Å². The monoisotopic (exact) mass is 247 g/mol. The van der Waals surface area contributed by atoms with Gasteiger partial charge in [-0.25, -0.2) is 5.43 Å². The number of carbonyl (C=O) groups excluding carboxylic acids is 1. The van der Waals surface area contributed by atoms with Crippen LogP contribution >= 0.6 is 0 Å². The van der Waals surface area contributed by atoms with Crippen molar-refractivity contribution in [2.45, 2.75) is 27.2 Å². The lowest BCUT2D eigenvalue weighted by Gasteiger charge is -2.05. The average molecular weight is 247 g/mol. The van der Waals surface area contributed by atoms with Crippen molar-refractivity contribution < 1.29 is 4.79 Å². The van der Waals surface area contributed by atoms with Crippen molar-refractivity contribution >= 4 is 17.3 Å². The Balaban J connectivity index is 2.62. The Kier molecular flexibility index (Phi) is 5.36. The Morgan fingerprint density at radius 1 is 1.28 bits per heavy atom. The molecule has 98 valence electrons. The molecule has 1 aromatic carbocycles. The molecule has 0 saturated heterocycles. The molecule has 0 aromatic heterocycles. The summed E-state index contributed by atoms with van der Waals surface area (Å²) >= 11 is 0. The minimum atomic E-state index is -0.0452. The Morgan fingerprint density at radius 3 is 2.39 bits per heavy atom. The molecule has 0 spiro atoms. The minimum absolute atomic E-state index is 0.0452. The van der Waals surface area contributed by atoms with Gasteiger partial charge in [-0.3, -0.25) is 4.79 Å². The second-order valence-corrected chi connectivity index (χ2v) is 4.66. The van der Waals surface area contributed by atoms with Crippen LogP contribution in [0.4, 0.5) is 5.69 Å².